The molecule has 30 heavy (non-hydrogen) atoms. The van der Waals surface area contributed by atoms with Gasteiger partial charge in [0.1, 0.15) is 11.6 Å². The highest BCUT2D eigenvalue weighted by Gasteiger charge is 2.15. The number of nitrogens with zero attached hydrogens (tertiary/aromatic N) is 2. The number of unbranched alkanes of at least 4 members (excludes halogenated alkanes) is 1. The largest absolute Gasteiger partial charge is 0.493 e. The van der Waals surface area contributed by atoms with Gasteiger partial charge in [0.25, 0.3) is 0 Å². The zero-order chi connectivity index (χ0) is 21.1. The second kappa shape index (κ2) is 9.11. The predicted octanol–water partition coefficient (Wildman–Crippen LogP) is 7.49. The third-order valence-corrected chi connectivity index (χ3v) is 5.75. The number of ether oxygens (including phenoxy) is 1. The first kappa shape index (κ1) is 20.8. The average Bonchev–Trinajstić information content (AvgIpc) is 3.08. The second-order valence-corrected chi connectivity index (χ2v) is 8.37. The van der Waals surface area contributed by atoms with E-state index in [0.29, 0.717) is 16.7 Å². The van der Waals surface area contributed by atoms with Gasteiger partial charge in [0, 0.05) is 17.1 Å². The fourth-order valence-corrected chi connectivity index (χ4v) is 4.09. The van der Waals surface area contributed by atoms with Crippen molar-refractivity contribution in [2.75, 3.05) is 6.61 Å². The van der Waals surface area contributed by atoms with Crippen molar-refractivity contribution < 1.29 is 4.74 Å². The summed E-state index contributed by atoms with van der Waals surface area (Å²) in [6, 6.07) is 20.0. The molecule has 0 aliphatic rings. The van der Waals surface area contributed by atoms with Crippen molar-refractivity contribution in [2.24, 2.45) is 0 Å². The lowest BCUT2D eigenvalue weighted by atomic mass is 10.1. The lowest BCUT2D eigenvalue weighted by Crippen LogP contribution is -2.05. The third kappa shape index (κ3) is 4.48. The Morgan fingerprint density at radius 1 is 0.933 bits per heavy atom. The average molecular weight is 439 g/mol. The zero-order valence-electron chi connectivity index (χ0n) is 17.2. The minimum atomic E-state index is 0.609. The maximum absolute atomic E-state index is 6.48. The Kier molecular flexibility index (Phi) is 6.31. The second-order valence-electron chi connectivity index (χ2n) is 7.52. The Bertz CT molecular complexity index is 1180. The van der Waals surface area contributed by atoms with Crippen molar-refractivity contribution >= 4 is 34.2 Å². The Balaban J connectivity index is 1.50. The van der Waals surface area contributed by atoms with E-state index in [1.807, 2.05) is 30.3 Å². The van der Waals surface area contributed by atoms with Crippen molar-refractivity contribution in [3.63, 3.8) is 0 Å². The summed E-state index contributed by atoms with van der Waals surface area (Å²) < 4.78 is 8.25. The van der Waals surface area contributed by atoms with Gasteiger partial charge in [0.05, 0.1) is 22.7 Å². The molecule has 0 amide bonds. The molecule has 1 heterocycles. The standard InChI is InChI=1S/C25H24Cl2N2O/c1-17-9-10-18(2)24(15-17)30-14-6-5-13-29-23-8-4-3-7-22(23)28-25(29)20-12-11-19(26)16-21(20)27/h3-4,7-12,15-16H,5-6,13-14H2,1-2H3. The molecule has 0 unspecified atom stereocenters. The molecular weight excluding hydrogens is 415 g/mol. The van der Waals surface area contributed by atoms with Crippen LogP contribution in [-0.2, 0) is 6.54 Å². The van der Waals surface area contributed by atoms with Gasteiger partial charge in [-0.2, -0.15) is 0 Å². The summed E-state index contributed by atoms with van der Waals surface area (Å²) >= 11 is 12.6. The number of hydrogen-bond donors (Lipinski definition) is 0. The summed E-state index contributed by atoms with van der Waals surface area (Å²) in [6.07, 6.45) is 1.93. The number of rotatable bonds is 7. The quantitative estimate of drug-likeness (QED) is 0.279. The van der Waals surface area contributed by atoms with Crippen LogP contribution in [0.5, 0.6) is 5.75 Å². The van der Waals surface area contributed by atoms with Crippen LogP contribution in [0.15, 0.2) is 60.7 Å². The van der Waals surface area contributed by atoms with E-state index in [1.165, 1.54) is 11.1 Å². The van der Waals surface area contributed by atoms with Gasteiger partial charge in [0.2, 0.25) is 0 Å². The van der Waals surface area contributed by atoms with E-state index in [0.717, 1.165) is 47.6 Å². The molecule has 0 atom stereocenters. The number of halogens is 2. The van der Waals surface area contributed by atoms with E-state index < -0.39 is 0 Å². The van der Waals surface area contributed by atoms with Crippen LogP contribution in [0.3, 0.4) is 0 Å². The highest BCUT2D eigenvalue weighted by molar-refractivity contribution is 6.36. The first-order valence-corrected chi connectivity index (χ1v) is 10.9. The number of hydrogen-bond acceptors (Lipinski definition) is 2. The molecule has 0 saturated carbocycles. The van der Waals surface area contributed by atoms with E-state index in [2.05, 4.69) is 42.7 Å². The minimum absolute atomic E-state index is 0.609. The number of para-hydroxylation sites is 2. The van der Waals surface area contributed by atoms with Crippen molar-refractivity contribution in [1.29, 1.82) is 0 Å². The first-order valence-electron chi connectivity index (χ1n) is 10.1. The van der Waals surface area contributed by atoms with Gasteiger partial charge in [-0.3, -0.25) is 0 Å². The summed E-state index contributed by atoms with van der Waals surface area (Å²) in [6.45, 7) is 5.69. The fourth-order valence-electron chi connectivity index (χ4n) is 3.60. The summed E-state index contributed by atoms with van der Waals surface area (Å²) in [5, 5.41) is 1.23. The Labute approximate surface area is 187 Å². The van der Waals surface area contributed by atoms with Gasteiger partial charge in [-0.25, -0.2) is 4.98 Å². The normalized spacial score (nSPS) is 11.2. The molecule has 3 aromatic carbocycles. The van der Waals surface area contributed by atoms with Crippen molar-refractivity contribution in [3.05, 3.63) is 81.8 Å². The molecule has 1 aromatic heterocycles. The predicted molar refractivity (Wildman–Crippen MR) is 126 cm³/mol. The van der Waals surface area contributed by atoms with Crippen LogP contribution in [0.2, 0.25) is 10.0 Å². The molecule has 4 aromatic rings. The molecule has 0 bridgehead atoms. The van der Waals surface area contributed by atoms with Crippen LogP contribution in [-0.4, -0.2) is 16.2 Å². The number of imidazole rings is 1. The molecule has 0 aliphatic heterocycles. The summed E-state index contributed by atoms with van der Waals surface area (Å²) in [5.74, 6) is 1.84. The maximum Gasteiger partial charge on any atom is 0.142 e. The first-order chi connectivity index (χ1) is 14.5. The van der Waals surface area contributed by atoms with Crippen LogP contribution in [0.1, 0.15) is 24.0 Å². The molecule has 0 aliphatic carbocycles. The van der Waals surface area contributed by atoms with Gasteiger partial charge in [-0.1, -0.05) is 47.5 Å². The Morgan fingerprint density at radius 3 is 2.60 bits per heavy atom. The highest BCUT2D eigenvalue weighted by atomic mass is 35.5. The summed E-state index contributed by atoms with van der Waals surface area (Å²) in [4.78, 5) is 4.85. The van der Waals surface area contributed by atoms with Gasteiger partial charge < -0.3 is 9.30 Å². The summed E-state index contributed by atoms with van der Waals surface area (Å²) in [5.41, 5.74) is 5.34. The van der Waals surface area contributed by atoms with E-state index in [-0.39, 0.29) is 0 Å². The molecule has 0 spiro atoms. The third-order valence-electron chi connectivity index (χ3n) is 5.20. The number of aryl methyl sites for hydroxylation is 3. The molecule has 0 fully saturated rings. The topological polar surface area (TPSA) is 27.1 Å². The Hall–Kier alpha value is -2.49. The SMILES string of the molecule is Cc1ccc(C)c(OCCCCn2c(-c3ccc(Cl)cc3Cl)nc3ccccc32)c1. The molecule has 0 saturated heterocycles. The van der Waals surface area contributed by atoms with E-state index in [1.54, 1.807) is 6.07 Å². The molecule has 154 valence electrons. The number of benzene rings is 3. The highest BCUT2D eigenvalue weighted by Crippen LogP contribution is 2.32. The van der Waals surface area contributed by atoms with Crippen LogP contribution in [0, 0.1) is 13.8 Å². The van der Waals surface area contributed by atoms with Crippen LogP contribution in [0.25, 0.3) is 22.4 Å². The van der Waals surface area contributed by atoms with Gasteiger partial charge in [-0.15, -0.1) is 0 Å². The molecule has 0 radical (unpaired) electrons. The lowest BCUT2D eigenvalue weighted by Gasteiger charge is -2.12. The van der Waals surface area contributed by atoms with Gasteiger partial charge in [0.15, 0.2) is 0 Å². The van der Waals surface area contributed by atoms with E-state index >= 15 is 0 Å². The van der Waals surface area contributed by atoms with Crippen LogP contribution >= 0.6 is 23.2 Å². The van der Waals surface area contributed by atoms with Crippen molar-refractivity contribution in [3.8, 4) is 17.1 Å². The van der Waals surface area contributed by atoms with Crippen molar-refractivity contribution in [1.82, 2.24) is 9.55 Å². The van der Waals surface area contributed by atoms with Crippen LogP contribution < -0.4 is 4.74 Å². The molecule has 0 N–H and O–H groups in total. The van der Waals surface area contributed by atoms with Crippen molar-refractivity contribution in [2.45, 2.75) is 33.2 Å². The van der Waals surface area contributed by atoms with E-state index in [9.17, 15) is 0 Å². The van der Waals surface area contributed by atoms with Crippen LogP contribution in [0.4, 0.5) is 0 Å². The van der Waals surface area contributed by atoms with Gasteiger partial charge in [-0.05, 0) is 74.2 Å². The lowest BCUT2D eigenvalue weighted by molar-refractivity contribution is 0.301. The number of aromatic nitrogens is 2. The maximum atomic E-state index is 6.48. The molecule has 5 heteroatoms. The number of fused-ring (bicyclic) bond motifs is 1. The molecule has 3 nitrogen and oxygen atoms in total. The van der Waals surface area contributed by atoms with Gasteiger partial charge >= 0.3 is 0 Å². The smallest absolute Gasteiger partial charge is 0.142 e. The fraction of sp³-hybridized carbons (Fsp3) is 0.240. The van der Waals surface area contributed by atoms with E-state index in [4.69, 9.17) is 32.9 Å². The summed E-state index contributed by atoms with van der Waals surface area (Å²) in [7, 11) is 0. The Morgan fingerprint density at radius 2 is 1.77 bits per heavy atom. The monoisotopic (exact) mass is 438 g/mol. The minimum Gasteiger partial charge on any atom is -0.493 e. The zero-order valence-corrected chi connectivity index (χ0v) is 18.7. The molecule has 4 rings (SSSR count). The molecular formula is C25H24Cl2N2O.